The van der Waals surface area contributed by atoms with Gasteiger partial charge in [-0.1, -0.05) is 23.9 Å². The fraction of sp³-hybridized carbons (Fsp3) is 0.368. The maximum Gasteiger partial charge on any atom is 0.269 e. The highest BCUT2D eigenvalue weighted by Gasteiger charge is 2.23. The van der Waals surface area contributed by atoms with Crippen LogP contribution in [0.25, 0.3) is 10.2 Å². The molecule has 1 aliphatic carbocycles. The summed E-state index contributed by atoms with van der Waals surface area (Å²) in [4.78, 5) is 30.5. The largest absolute Gasteiger partial charge is 0.383 e. The summed E-state index contributed by atoms with van der Waals surface area (Å²) in [6.45, 7) is 0.885. The second-order valence-electron chi connectivity index (χ2n) is 6.59. The molecule has 146 valence electrons. The Labute approximate surface area is 169 Å². The van der Waals surface area contributed by atoms with Gasteiger partial charge in [-0.2, -0.15) is 0 Å². The lowest BCUT2D eigenvalue weighted by Crippen LogP contribution is -2.25. The quantitative estimate of drug-likeness (QED) is 0.252. The molecule has 0 bridgehead atoms. The standard InChI is InChI=1S/C19H19N3O4S2/c1-26-10-9-21-18(23)16-14-3-2-4-15(14)28-17(16)20-19(21)27-11-12-5-7-13(8-6-12)22(24)25/h5-8H,2-4,9-11H2,1H3. The van der Waals surface area contributed by atoms with E-state index in [0.29, 0.717) is 24.1 Å². The van der Waals surface area contributed by atoms with Crippen LogP contribution in [0.1, 0.15) is 22.4 Å². The monoisotopic (exact) mass is 417 g/mol. The number of methoxy groups -OCH3 is 1. The molecule has 28 heavy (non-hydrogen) atoms. The molecule has 0 spiro atoms. The van der Waals surface area contributed by atoms with Crippen molar-refractivity contribution in [2.75, 3.05) is 13.7 Å². The third-order valence-electron chi connectivity index (χ3n) is 4.82. The zero-order valence-corrected chi connectivity index (χ0v) is 17.0. The number of thiophene rings is 1. The summed E-state index contributed by atoms with van der Waals surface area (Å²) in [5, 5.41) is 12.2. The minimum Gasteiger partial charge on any atom is -0.383 e. The molecule has 4 rings (SSSR count). The minimum absolute atomic E-state index is 0.00708. The van der Waals surface area contributed by atoms with E-state index < -0.39 is 4.92 Å². The Balaban J connectivity index is 1.66. The lowest BCUT2D eigenvalue weighted by molar-refractivity contribution is -0.384. The average Bonchev–Trinajstić information content (AvgIpc) is 3.27. The van der Waals surface area contributed by atoms with Gasteiger partial charge in [0.2, 0.25) is 0 Å². The Kier molecular flexibility index (Phi) is 5.47. The van der Waals surface area contributed by atoms with Crippen molar-refractivity contribution in [1.29, 1.82) is 0 Å². The average molecular weight is 418 g/mol. The predicted molar refractivity (Wildman–Crippen MR) is 110 cm³/mol. The number of thioether (sulfide) groups is 1. The summed E-state index contributed by atoms with van der Waals surface area (Å²) in [5.41, 5.74) is 2.19. The second kappa shape index (κ2) is 8.02. The van der Waals surface area contributed by atoms with E-state index in [1.807, 2.05) is 0 Å². The summed E-state index contributed by atoms with van der Waals surface area (Å²) < 4.78 is 6.88. The van der Waals surface area contributed by atoms with Crippen LogP contribution in [0, 0.1) is 10.1 Å². The Morgan fingerprint density at radius 1 is 1.32 bits per heavy atom. The minimum atomic E-state index is -0.412. The zero-order valence-electron chi connectivity index (χ0n) is 15.3. The Bertz CT molecular complexity index is 1090. The molecule has 0 saturated carbocycles. The van der Waals surface area contributed by atoms with Crippen LogP contribution in [0.3, 0.4) is 0 Å². The molecule has 0 saturated heterocycles. The van der Waals surface area contributed by atoms with Crippen molar-refractivity contribution in [1.82, 2.24) is 9.55 Å². The first-order valence-electron chi connectivity index (χ1n) is 8.98. The lowest BCUT2D eigenvalue weighted by atomic mass is 10.2. The van der Waals surface area contributed by atoms with Gasteiger partial charge in [-0.25, -0.2) is 4.98 Å². The van der Waals surface area contributed by atoms with Crippen LogP contribution < -0.4 is 5.56 Å². The summed E-state index contributed by atoms with van der Waals surface area (Å²) in [5.74, 6) is 0.577. The van der Waals surface area contributed by atoms with E-state index in [4.69, 9.17) is 9.72 Å². The molecular formula is C19H19N3O4S2. The van der Waals surface area contributed by atoms with Crippen molar-refractivity contribution >= 4 is 39.0 Å². The van der Waals surface area contributed by atoms with Crippen molar-refractivity contribution in [3.8, 4) is 0 Å². The van der Waals surface area contributed by atoms with Gasteiger partial charge in [0.1, 0.15) is 4.83 Å². The third kappa shape index (κ3) is 3.57. The van der Waals surface area contributed by atoms with Crippen molar-refractivity contribution in [3.05, 3.63) is 60.7 Å². The fourth-order valence-corrected chi connectivity index (χ4v) is 5.69. The molecule has 0 fully saturated rings. The van der Waals surface area contributed by atoms with Gasteiger partial charge in [-0.05, 0) is 30.4 Å². The molecule has 0 N–H and O–H groups in total. The topological polar surface area (TPSA) is 87.3 Å². The zero-order chi connectivity index (χ0) is 19.7. The van der Waals surface area contributed by atoms with Gasteiger partial charge in [-0.3, -0.25) is 19.5 Å². The number of aromatic nitrogens is 2. The van der Waals surface area contributed by atoms with E-state index in [1.54, 1.807) is 35.1 Å². The van der Waals surface area contributed by atoms with Crippen molar-refractivity contribution in [2.24, 2.45) is 0 Å². The van der Waals surface area contributed by atoms with E-state index in [-0.39, 0.29) is 11.2 Å². The Morgan fingerprint density at radius 3 is 2.82 bits per heavy atom. The number of ether oxygens (including phenoxy) is 1. The van der Waals surface area contributed by atoms with Crippen LogP contribution in [-0.4, -0.2) is 28.2 Å². The smallest absolute Gasteiger partial charge is 0.269 e. The molecule has 0 aliphatic heterocycles. The number of hydrogen-bond acceptors (Lipinski definition) is 7. The first kappa shape index (κ1) is 19.1. The highest BCUT2D eigenvalue weighted by Crippen LogP contribution is 2.36. The molecule has 2 aromatic heterocycles. The molecule has 2 heterocycles. The molecular weight excluding hydrogens is 398 g/mol. The molecule has 0 atom stereocenters. The van der Waals surface area contributed by atoms with Crippen LogP contribution in [0.2, 0.25) is 0 Å². The van der Waals surface area contributed by atoms with Gasteiger partial charge in [0.05, 0.1) is 23.5 Å². The summed E-state index contributed by atoms with van der Waals surface area (Å²) in [6.07, 6.45) is 3.08. The van der Waals surface area contributed by atoms with Gasteiger partial charge >= 0.3 is 0 Å². The molecule has 1 aliphatic rings. The van der Waals surface area contributed by atoms with E-state index >= 15 is 0 Å². The van der Waals surface area contributed by atoms with Crippen LogP contribution in [0.5, 0.6) is 0 Å². The number of rotatable bonds is 7. The number of fused-ring (bicyclic) bond motifs is 3. The van der Waals surface area contributed by atoms with Gasteiger partial charge < -0.3 is 4.74 Å². The molecule has 9 heteroatoms. The highest BCUT2D eigenvalue weighted by molar-refractivity contribution is 7.98. The SMILES string of the molecule is COCCn1c(SCc2ccc([N+](=O)[O-])cc2)nc2sc3c(c2c1=O)CCC3. The first-order valence-corrected chi connectivity index (χ1v) is 10.8. The van der Waals surface area contributed by atoms with Gasteiger partial charge in [-0.15, -0.1) is 11.3 Å². The summed E-state index contributed by atoms with van der Waals surface area (Å²) >= 11 is 3.10. The van der Waals surface area contributed by atoms with Crippen LogP contribution in [-0.2, 0) is 29.9 Å². The van der Waals surface area contributed by atoms with Crippen LogP contribution in [0.4, 0.5) is 5.69 Å². The van der Waals surface area contributed by atoms with Crippen molar-refractivity contribution in [2.45, 2.75) is 36.7 Å². The molecule has 0 unspecified atom stereocenters. The number of nitro groups is 1. The second-order valence-corrected chi connectivity index (χ2v) is 8.62. The third-order valence-corrected chi connectivity index (χ3v) is 7.06. The Hall–Kier alpha value is -2.23. The van der Waals surface area contributed by atoms with E-state index in [0.717, 1.165) is 35.0 Å². The number of hydrogen-bond donors (Lipinski definition) is 0. The molecule has 7 nitrogen and oxygen atoms in total. The molecule has 0 amide bonds. The summed E-state index contributed by atoms with van der Waals surface area (Å²) in [6, 6.07) is 6.46. The number of non-ortho nitro benzene ring substituents is 1. The number of benzene rings is 1. The predicted octanol–water partition coefficient (Wildman–Crippen LogP) is 3.79. The normalized spacial score (nSPS) is 13.2. The molecule has 3 aromatic rings. The fourth-order valence-electron chi connectivity index (χ4n) is 3.41. The molecule has 1 aromatic carbocycles. The lowest BCUT2D eigenvalue weighted by Gasteiger charge is -2.12. The van der Waals surface area contributed by atoms with Crippen molar-refractivity contribution < 1.29 is 9.66 Å². The number of nitrogens with zero attached hydrogens (tertiary/aromatic N) is 3. The van der Waals surface area contributed by atoms with Gasteiger partial charge in [0.25, 0.3) is 11.2 Å². The van der Waals surface area contributed by atoms with Gasteiger partial charge in [0.15, 0.2) is 5.16 Å². The number of nitro benzene ring substituents is 1. The van der Waals surface area contributed by atoms with Crippen LogP contribution >= 0.6 is 23.1 Å². The van der Waals surface area contributed by atoms with E-state index in [1.165, 1.54) is 34.3 Å². The Morgan fingerprint density at radius 2 is 2.11 bits per heavy atom. The maximum absolute atomic E-state index is 13.2. The van der Waals surface area contributed by atoms with Gasteiger partial charge in [0, 0.05) is 29.9 Å². The highest BCUT2D eigenvalue weighted by atomic mass is 32.2. The summed E-state index contributed by atoms with van der Waals surface area (Å²) in [7, 11) is 1.61. The number of aryl methyl sites for hydroxylation is 2. The maximum atomic E-state index is 13.2. The van der Waals surface area contributed by atoms with E-state index in [2.05, 4.69) is 0 Å². The van der Waals surface area contributed by atoms with Crippen LogP contribution in [0.15, 0.2) is 34.2 Å². The van der Waals surface area contributed by atoms with E-state index in [9.17, 15) is 14.9 Å². The van der Waals surface area contributed by atoms with Crippen molar-refractivity contribution in [3.63, 3.8) is 0 Å². The first-order chi connectivity index (χ1) is 13.6. The molecule has 0 radical (unpaired) electrons.